The van der Waals surface area contributed by atoms with Gasteiger partial charge in [-0.1, -0.05) is 42.5 Å². The Bertz CT molecular complexity index is 1120. The van der Waals surface area contributed by atoms with Gasteiger partial charge in [-0.2, -0.15) is 15.0 Å². The lowest BCUT2D eigenvalue weighted by atomic mass is 10.1. The molecule has 0 unspecified atom stereocenters. The Hall–Kier alpha value is -3.74. The van der Waals surface area contributed by atoms with Crippen LogP contribution in [-0.2, 0) is 6.54 Å². The van der Waals surface area contributed by atoms with Gasteiger partial charge >= 0.3 is 0 Å². The molecule has 0 bridgehead atoms. The average molecular weight is 360 g/mol. The zero-order valence-corrected chi connectivity index (χ0v) is 14.3. The molecule has 0 aliphatic heterocycles. The molecule has 2 heterocycles. The molecule has 4 rings (SSSR count). The lowest BCUT2D eigenvalue weighted by Gasteiger charge is -2.18. The highest BCUT2D eigenvalue weighted by atomic mass is 16.3. The van der Waals surface area contributed by atoms with Gasteiger partial charge < -0.3 is 9.73 Å². The minimum Gasteiger partial charge on any atom is -0.451 e. The molecule has 0 aliphatic rings. The van der Waals surface area contributed by atoms with Crippen molar-refractivity contribution in [2.24, 2.45) is 0 Å². The Labute approximate surface area is 154 Å². The van der Waals surface area contributed by atoms with E-state index in [4.69, 9.17) is 4.42 Å². The van der Waals surface area contributed by atoms with Crippen molar-refractivity contribution in [3.05, 3.63) is 94.6 Å². The van der Waals surface area contributed by atoms with Gasteiger partial charge in [0.2, 0.25) is 0 Å². The maximum atomic E-state index is 12.8. The summed E-state index contributed by atoms with van der Waals surface area (Å²) < 4.78 is 5.63. The van der Waals surface area contributed by atoms with Gasteiger partial charge in [0.05, 0.1) is 30.4 Å². The van der Waals surface area contributed by atoms with Crippen LogP contribution in [0.3, 0.4) is 0 Å². The first-order valence-electron chi connectivity index (χ1n) is 8.43. The lowest BCUT2D eigenvalue weighted by Crippen LogP contribution is -2.32. The van der Waals surface area contributed by atoms with Crippen molar-refractivity contribution in [3.63, 3.8) is 0 Å². The number of carbonyl (C=O) groups is 1. The Balaban J connectivity index is 1.64. The molecule has 27 heavy (non-hydrogen) atoms. The van der Waals surface area contributed by atoms with E-state index in [2.05, 4.69) is 15.5 Å². The van der Waals surface area contributed by atoms with Gasteiger partial charge in [0.25, 0.3) is 5.91 Å². The van der Waals surface area contributed by atoms with E-state index >= 15 is 0 Å². The SMILES string of the molecule is O=C(N[C@@H](Cn1nccn1)c1ccccc1)c1cc(=O)c2ccccc2o1. The van der Waals surface area contributed by atoms with E-state index in [0.29, 0.717) is 17.5 Å². The summed E-state index contributed by atoms with van der Waals surface area (Å²) in [5, 5.41) is 11.5. The smallest absolute Gasteiger partial charge is 0.287 e. The third kappa shape index (κ3) is 3.62. The van der Waals surface area contributed by atoms with Gasteiger partial charge in [0.15, 0.2) is 11.2 Å². The summed E-state index contributed by atoms with van der Waals surface area (Å²) >= 11 is 0. The van der Waals surface area contributed by atoms with Crippen molar-refractivity contribution < 1.29 is 9.21 Å². The molecule has 1 N–H and O–H groups in total. The largest absolute Gasteiger partial charge is 0.451 e. The molecule has 4 aromatic rings. The molecule has 0 aliphatic carbocycles. The molecular weight excluding hydrogens is 344 g/mol. The van der Waals surface area contributed by atoms with Crippen LogP contribution in [0.1, 0.15) is 22.2 Å². The van der Waals surface area contributed by atoms with Crippen LogP contribution in [0.25, 0.3) is 11.0 Å². The van der Waals surface area contributed by atoms with E-state index in [1.807, 2.05) is 30.3 Å². The van der Waals surface area contributed by atoms with Crippen LogP contribution in [0.2, 0.25) is 0 Å². The molecule has 1 amide bonds. The number of rotatable bonds is 5. The van der Waals surface area contributed by atoms with E-state index in [9.17, 15) is 9.59 Å². The molecule has 1 atom stereocenters. The van der Waals surface area contributed by atoms with E-state index in [-0.39, 0.29) is 17.2 Å². The second-order valence-corrected chi connectivity index (χ2v) is 5.99. The van der Waals surface area contributed by atoms with Gasteiger partial charge in [0, 0.05) is 6.07 Å². The van der Waals surface area contributed by atoms with Crippen LogP contribution < -0.4 is 10.7 Å². The summed E-state index contributed by atoms with van der Waals surface area (Å²) in [7, 11) is 0. The van der Waals surface area contributed by atoms with Gasteiger partial charge in [-0.05, 0) is 17.7 Å². The minimum absolute atomic E-state index is 0.0342. The molecule has 0 spiro atoms. The predicted molar refractivity (Wildman–Crippen MR) is 99.2 cm³/mol. The number of benzene rings is 2. The van der Waals surface area contributed by atoms with Crippen LogP contribution in [0.4, 0.5) is 0 Å². The van der Waals surface area contributed by atoms with Crippen molar-refractivity contribution in [3.8, 4) is 0 Å². The number of carbonyl (C=O) groups excluding carboxylic acids is 1. The van der Waals surface area contributed by atoms with Crippen molar-refractivity contribution in [2.75, 3.05) is 0 Å². The molecule has 7 heteroatoms. The molecule has 7 nitrogen and oxygen atoms in total. The first kappa shape index (κ1) is 16.7. The number of nitrogens with zero attached hydrogens (tertiary/aromatic N) is 3. The molecule has 2 aromatic heterocycles. The van der Waals surface area contributed by atoms with Crippen LogP contribution in [0.5, 0.6) is 0 Å². The fourth-order valence-electron chi connectivity index (χ4n) is 2.87. The summed E-state index contributed by atoms with van der Waals surface area (Å²) in [5.74, 6) is -0.507. The molecular formula is C20H16N4O3. The van der Waals surface area contributed by atoms with Gasteiger partial charge in [-0.25, -0.2) is 0 Å². The number of fused-ring (bicyclic) bond motifs is 1. The van der Waals surface area contributed by atoms with E-state index in [1.54, 1.807) is 36.7 Å². The Morgan fingerprint density at radius 2 is 1.74 bits per heavy atom. The Morgan fingerprint density at radius 3 is 2.52 bits per heavy atom. The molecule has 0 saturated heterocycles. The number of hydrogen-bond donors (Lipinski definition) is 1. The number of amides is 1. The summed E-state index contributed by atoms with van der Waals surface area (Å²) in [4.78, 5) is 26.5. The second kappa shape index (κ2) is 7.25. The van der Waals surface area contributed by atoms with Gasteiger partial charge in [-0.15, -0.1) is 0 Å². The monoisotopic (exact) mass is 360 g/mol. The van der Waals surface area contributed by atoms with Crippen LogP contribution in [-0.4, -0.2) is 20.9 Å². The molecule has 134 valence electrons. The third-order valence-corrected chi connectivity index (χ3v) is 4.18. The standard InChI is InChI=1S/C20H16N4O3/c25-17-12-19(27-18-9-5-4-8-15(17)18)20(26)23-16(13-24-21-10-11-22-24)14-6-2-1-3-7-14/h1-12,16H,13H2,(H,23,26)/t16-/m0/s1. The number of aromatic nitrogens is 3. The third-order valence-electron chi connectivity index (χ3n) is 4.18. The van der Waals surface area contributed by atoms with Crippen molar-refractivity contribution in [1.29, 1.82) is 0 Å². The van der Waals surface area contributed by atoms with E-state index in [1.165, 1.54) is 10.9 Å². The number of nitrogens with one attached hydrogen (secondary N) is 1. The van der Waals surface area contributed by atoms with Crippen LogP contribution >= 0.6 is 0 Å². The fraction of sp³-hybridized carbons (Fsp3) is 0.100. The average Bonchev–Trinajstić information content (AvgIpc) is 3.21. The second-order valence-electron chi connectivity index (χ2n) is 5.99. The highest BCUT2D eigenvalue weighted by molar-refractivity contribution is 5.93. The maximum absolute atomic E-state index is 12.8. The topological polar surface area (TPSA) is 90.0 Å². The normalized spacial score (nSPS) is 12.0. The Kier molecular flexibility index (Phi) is 4.49. The van der Waals surface area contributed by atoms with Gasteiger partial charge in [0.1, 0.15) is 5.58 Å². The zero-order chi connectivity index (χ0) is 18.6. The summed E-state index contributed by atoms with van der Waals surface area (Å²) in [6.45, 7) is 0.348. The van der Waals surface area contributed by atoms with E-state index in [0.717, 1.165) is 5.56 Å². The lowest BCUT2D eigenvalue weighted by molar-refractivity contribution is 0.0903. The highest BCUT2D eigenvalue weighted by Gasteiger charge is 2.19. The summed E-state index contributed by atoms with van der Waals surface area (Å²) in [6, 6.07) is 17.2. The first-order chi connectivity index (χ1) is 13.2. The molecule has 0 saturated carbocycles. The number of hydrogen-bond acceptors (Lipinski definition) is 5. The van der Waals surface area contributed by atoms with Crippen LogP contribution in [0.15, 0.2) is 82.3 Å². The quantitative estimate of drug-likeness (QED) is 0.591. The molecule has 2 aromatic carbocycles. The molecule has 0 fully saturated rings. The van der Waals surface area contributed by atoms with E-state index < -0.39 is 5.91 Å². The minimum atomic E-state index is -0.473. The van der Waals surface area contributed by atoms with Crippen molar-refractivity contribution in [2.45, 2.75) is 12.6 Å². The van der Waals surface area contributed by atoms with Gasteiger partial charge in [-0.3, -0.25) is 9.59 Å². The predicted octanol–water partition coefficient (Wildman–Crippen LogP) is 2.56. The van der Waals surface area contributed by atoms with Crippen molar-refractivity contribution >= 4 is 16.9 Å². The molecule has 0 radical (unpaired) electrons. The first-order valence-corrected chi connectivity index (χ1v) is 8.43. The van der Waals surface area contributed by atoms with Crippen LogP contribution in [0, 0.1) is 0 Å². The Morgan fingerprint density at radius 1 is 1.04 bits per heavy atom. The maximum Gasteiger partial charge on any atom is 0.287 e. The highest BCUT2D eigenvalue weighted by Crippen LogP contribution is 2.17. The number of para-hydroxylation sites is 1. The fourth-order valence-corrected chi connectivity index (χ4v) is 2.87. The zero-order valence-electron chi connectivity index (χ0n) is 14.3. The summed E-state index contributed by atoms with van der Waals surface area (Å²) in [6.07, 6.45) is 3.15. The van der Waals surface area contributed by atoms with Crippen molar-refractivity contribution in [1.82, 2.24) is 20.3 Å². The summed E-state index contributed by atoms with van der Waals surface area (Å²) in [5.41, 5.74) is 1.01.